The molecule has 0 aromatic carbocycles. The molecule has 1 aliphatic heterocycles. The lowest BCUT2D eigenvalue weighted by Gasteiger charge is -2.08. The summed E-state index contributed by atoms with van der Waals surface area (Å²) >= 11 is 1.52. The van der Waals surface area contributed by atoms with E-state index < -0.39 is 0 Å². The number of hydrogen-bond donors (Lipinski definition) is 1. The van der Waals surface area contributed by atoms with E-state index in [4.69, 9.17) is 0 Å². The van der Waals surface area contributed by atoms with Crippen molar-refractivity contribution in [2.45, 2.75) is 19.5 Å². The average molecular weight is 314 g/mol. The van der Waals surface area contributed by atoms with Crippen molar-refractivity contribution in [1.82, 2.24) is 29.6 Å². The fraction of sp³-hybridized carbons (Fsp3) is 0.286. The second-order valence-electron chi connectivity index (χ2n) is 5.17. The molecule has 22 heavy (non-hydrogen) atoms. The molecule has 0 saturated heterocycles. The highest BCUT2D eigenvalue weighted by Gasteiger charge is 2.27. The van der Waals surface area contributed by atoms with Gasteiger partial charge in [-0.05, 0) is 6.07 Å². The van der Waals surface area contributed by atoms with Crippen LogP contribution in [0.5, 0.6) is 0 Å². The van der Waals surface area contributed by atoms with Crippen LogP contribution in [0.25, 0.3) is 5.13 Å². The fourth-order valence-corrected chi connectivity index (χ4v) is 3.37. The summed E-state index contributed by atoms with van der Waals surface area (Å²) in [5, 5.41) is 7.93. The van der Waals surface area contributed by atoms with Crippen LogP contribution in [0, 0.1) is 5.92 Å². The molecule has 7 nitrogen and oxygen atoms in total. The van der Waals surface area contributed by atoms with Crippen molar-refractivity contribution in [1.29, 1.82) is 0 Å². The number of carbonyl (C=O) groups is 1. The normalized spacial score (nSPS) is 16.6. The van der Waals surface area contributed by atoms with Gasteiger partial charge in [0.05, 0.1) is 12.5 Å². The number of imidazole rings is 1. The lowest BCUT2D eigenvalue weighted by Crippen LogP contribution is -2.30. The minimum absolute atomic E-state index is 0.0257. The van der Waals surface area contributed by atoms with E-state index in [1.54, 1.807) is 23.3 Å². The molecule has 0 aliphatic carbocycles. The fourth-order valence-electron chi connectivity index (χ4n) is 2.58. The molecule has 0 saturated carbocycles. The summed E-state index contributed by atoms with van der Waals surface area (Å²) in [6.45, 7) is 1.21. The van der Waals surface area contributed by atoms with Gasteiger partial charge in [0.25, 0.3) is 0 Å². The number of nitrogens with zero attached hydrogens (tertiary/aromatic N) is 5. The zero-order chi connectivity index (χ0) is 14.9. The van der Waals surface area contributed by atoms with Gasteiger partial charge in [0.1, 0.15) is 5.82 Å². The van der Waals surface area contributed by atoms with Crippen molar-refractivity contribution in [2.24, 2.45) is 5.92 Å². The molecular weight excluding hydrogens is 300 g/mol. The van der Waals surface area contributed by atoms with Crippen LogP contribution >= 0.6 is 11.3 Å². The zero-order valence-electron chi connectivity index (χ0n) is 11.7. The SMILES string of the molecule is O=C(NCc1cnc(-n2cccn2)s1)C1Cc2nccn2C1. The van der Waals surface area contributed by atoms with Gasteiger partial charge >= 0.3 is 0 Å². The van der Waals surface area contributed by atoms with Crippen LogP contribution in [0.1, 0.15) is 10.7 Å². The molecule has 4 rings (SSSR count). The lowest BCUT2D eigenvalue weighted by atomic mass is 10.1. The maximum atomic E-state index is 12.2. The molecule has 1 unspecified atom stereocenters. The molecule has 0 spiro atoms. The largest absolute Gasteiger partial charge is 0.351 e. The van der Waals surface area contributed by atoms with E-state index in [1.807, 2.05) is 23.0 Å². The van der Waals surface area contributed by atoms with E-state index in [2.05, 4.69) is 20.4 Å². The molecule has 0 bridgehead atoms. The van der Waals surface area contributed by atoms with Crippen LogP contribution in [-0.4, -0.2) is 30.2 Å². The first-order valence-corrected chi connectivity index (χ1v) is 7.84. The Hall–Kier alpha value is -2.48. The number of nitrogens with one attached hydrogen (secondary N) is 1. The van der Waals surface area contributed by atoms with Crippen molar-refractivity contribution >= 4 is 17.2 Å². The van der Waals surface area contributed by atoms with Gasteiger partial charge < -0.3 is 9.88 Å². The van der Waals surface area contributed by atoms with E-state index in [1.165, 1.54) is 11.3 Å². The third kappa shape index (κ3) is 2.41. The molecule has 3 aromatic rings. The van der Waals surface area contributed by atoms with Gasteiger partial charge in [0, 0.05) is 48.8 Å². The third-order valence-corrected chi connectivity index (χ3v) is 4.68. The molecule has 3 aromatic heterocycles. The highest BCUT2D eigenvalue weighted by atomic mass is 32.1. The summed E-state index contributed by atoms with van der Waals surface area (Å²) in [6, 6.07) is 1.85. The maximum Gasteiger partial charge on any atom is 0.225 e. The first-order chi connectivity index (χ1) is 10.8. The summed E-state index contributed by atoms with van der Waals surface area (Å²) in [5.74, 6) is 1.03. The van der Waals surface area contributed by atoms with Gasteiger partial charge in [-0.1, -0.05) is 11.3 Å². The predicted molar refractivity (Wildman–Crippen MR) is 80.5 cm³/mol. The summed E-state index contributed by atoms with van der Waals surface area (Å²) in [6.07, 6.45) is 9.74. The molecule has 0 radical (unpaired) electrons. The number of rotatable bonds is 4. The van der Waals surface area contributed by atoms with E-state index in [0.29, 0.717) is 19.5 Å². The quantitative estimate of drug-likeness (QED) is 0.780. The van der Waals surface area contributed by atoms with E-state index >= 15 is 0 Å². The number of carbonyl (C=O) groups excluding carboxylic acids is 1. The summed E-state index contributed by atoms with van der Waals surface area (Å²) in [7, 11) is 0. The number of aromatic nitrogens is 5. The smallest absolute Gasteiger partial charge is 0.225 e. The summed E-state index contributed by atoms with van der Waals surface area (Å²) in [5.41, 5.74) is 0. The minimum atomic E-state index is -0.0257. The molecule has 4 heterocycles. The monoisotopic (exact) mass is 314 g/mol. The van der Waals surface area contributed by atoms with Crippen molar-refractivity contribution in [3.63, 3.8) is 0 Å². The van der Waals surface area contributed by atoms with Gasteiger partial charge in [-0.2, -0.15) is 5.10 Å². The van der Waals surface area contributed by atoms with Crippen LogP contribution in [-0.2, 0) is 24.3 Å². The predicted octanol–water partition coefficient (Wildman–Crippen LogP) is 1.01. The first-order valence-electron chi connectivity index (χ1n) is 7.02. The second kappa shape index (κ2) is 5.38. The van der Waals surface area contributed by atoms with E-state index in [0.717, 1.165) is 15.8 Å². The van der Waals surface area contributed by atoms with Crippen molar-refractivity contribution in [3.05, 3.63) is 47.8 Å². The van der Waals surface area contributed by atoms with Crippen molar-refractivity contribution in [3.8, 4) is 5.13 Å². The van der Waals surface area contributed by atoms with Gasteiger partial charge in [-0.25, -0.2) is 14.6 Å². The molecule has 1 aliphatic rings. The van der Waals surface area contributed by atoms with Gasteiger partial charge in [0.15, 0.2) is 0 Å². The van der Waals surface area contributed by atoms with Crippen LogP contribution in [0.3, 0.4) is 0 Å². The summed E-state index contributed by atoms with van der Waals surface area (Å²) < 4.78 is 3.75. The molecule has 112 valence electrons. The molecule has 1 N–H and O–H groups in total. The Morgan fingerprint density at radius 1 is 1.36 bits per heavy atom. The Labute approximate surface area is 130 Å². The van der Waals surface area contributed by atoms with Crippen LogP contribution in [0.15, 0.2) is 37.1 Å². The van der Waals surface area contributed by atoms with Crippen LogP contribution in [0.4, 0.5) is 0 Å². The van der Waals surface area contributed by atoms with Crippen molar-refractivity contribution < 1.29 is 4.79 Å². The topological polar surface area (TPSA) is 77.6 Å². The molecular formula is C14H14N6OS. The Morgan fingerprint density at radius 3 is 3.14 bits per heavy atom. The Kier molecular flexibility index (Phi) is 3.23. The van der Waals surface area contributed by atoms with Crippen LogP contribution < -0.4 is 5.32 Å². The number of fused-ring (bicyclic) bond motifs is 1. The lowest BCUT2D eigenvalue weighted by molar-refractivity contribution is -0.125. The second-order valence-corrected chi connectivity index (χ2v) is 6.27. The zero-order valence-corrected chi connectivity index (χ0v) is 12.5. The molecule has 0 fully saturated rings. The Morgan fingerprint density at radius 2 is 2.32 bits per heavy atom. The van der Waals surface area contributed by atoms with Gasteiger partial charge in [0.2, 0.25) is 11.0 Å². The molecule has 1 atom stereocenters. The van der Waals surface area contributed by atoms with Gasteiger partial charge in [-0.15, -0.1) is 0 Å². The standard InChI is InChI=1S/C14H14N6OS/c21-13(10-6-12-15-3-5-19(12)9-10)16-7-11-8-17-14(22-11)20-4-1-2-18-20/h1-5,8,10H,6-7,9H2,(H,16,21). The number of amides is 1. The van der Waals surface area contributed by atoms with Gasteiger partial charge in [-0.3, -0.25) is 4.79 Å². The van der Waals surface area contributed by atoms with E-state index in [-0.39, 0.29) is 11.8 Å². The third-order valence-electron chi connectivity index (χ3n) is 3.70. The molecule has 1 amide bonds. The first kappa shape index (κ1) is 13.2. The molecule has 8 heteroatoms. The average Bonchev–Trinajstić information content (AvgIpc) is 3.26. The number of hydrogen-bond acceptors (Lipinski definition) is 5. The Bertz CT molecular complexity index is 769. The van der Waals surface area contributed by atoms with Crippen molar-refractivity contribution in [2.75, 3.05) is 0 Å². The van der Waals surface area contributed by atoms with Crippen LogP contribution in [0.2, 0.25) is 0 Å². The minimum Gasteiger partial charge on any atom is -0.351 e. The highest BCUT2D eigenvalue weighted by molar-refractivity contribution is 7.14. The Balaban J connectivity index is 1.35. The highest BCUT2D eigenvalue weighted by Crippen LogP contribution is 2.20. The summed E-state index contributed by atoms with van der Waals surface area (Å²) in [4.78, 5) is 21.8. The van der Waals surface area contributed by atoms with E-state index in [9.17, 15) is 4.79 Å². The number of thiazole rings is 1. The maximum absolute atomic E-state index is 12.2.